The first-order valence-corrected chi connectivity index (χ1v) is 9.98. The molecule has 0 aromatic rings. The minimum absolute atomic E-state index is 0.0241. The Labute approximate surface area is 162 Å². The summed E-state index contributed by atoms with van der Waals surface area (Å²) in [6.07, 6.45) is 4.71. The van der Waals surface area contributed by atoms with E-state index in [0.717, 1.165) is 25.7 Å². The van der Waals surface area contributed by atoms with Crippen LogP contribution in [0.15, 0.2) is 0 Å². The Balaban J connectivity index is 5.26. The van der Waals surface area contributed by atoms with Crippen LogP contribution in [0.25, 0.3) is 0 Å². The molecule has 8 heteroatoms. The Bertz CT molecular complexity index is 447. The number of quaternary nitrogens is 1. The molecule has 0 aliphatic heterocycles. The Morgan fingerprint density at radius 2 is 1.63 bits per heavy atom. The monoisotopic (exact) mass is 388 g/mol. The number of carboxylic acid groups (broad SMARTS) is 2. The molecule has 0 saturated heterocycles. The van der Waals surface area contributed by atoms with Gasteiger partial charge in [0, 0.05) is 19.3 Å². The van der Waals surface area contributed by atoms with E-state index in [2.05, 4.69) is 12.2 Å². The molecule has 0 aliphatic carbocycles. The van der Waals surface area contributed by atoms with Crippen molar-refractivity contribution in [2.75, 3.05) is 26.2 Å². The summed E-state index contributed by atoms with van der Waals surface area (Å²) in [6, 6.07) is -2.07. The van der Waals surface area contributed by atoms with Gasteiger partial charge in [-0.1, -0.05) is 40.0 Å². The lowest BCUT2D eigenvalue weighted by Crippen LogP contribution is -2.70. The van der Waals surface area contributed by atoms with E-state index in [1.165, 1.54) is 0 Å². The first-order chi connectivity index (χ1) is 12.8. The largest absolute Gasteiger partial charge is 0.544 e. The van der Waals surface area contributed by atoms with Crippen LogP contribution in [-0.4, -0.2) is 70.9 Å². The zero-order chi connectivity index (χ0) is 20.9. The minimum Gasteiger partial charge on any atom is -0.544 e. The second kappa shape index (κ2) is 13.5. The van der Waals surface area contributed by atoms with Crippen molar-refractivity contribution in [1.29, 1.82) is 0 Å². The van der Waals surface area contributed by atoms with Crippen molar-refractivity contribution in [1.82, 2.24) is 5.32 Å². The van der Waals surface area contributed by atoms with Crippen LogP contribution in [0.2, 0.25) is 0 Å². The highest BCUT2D eigenvalue weighted by Gasteiger charge is 2.46. The molecular weight excluding hydrogens is 352 g/mol. The third kappa shape index (κ3) is 7.84. The first-order valence-electron chi connectivity index (χ1n) is 9.98. The van der Waals surface area contributed by atoms with E-state index in [1.807, 2.05) is 0 Å². The molecule has 8 nitrogen and oxygen atoms in total. The number of carbonyl (C=O) groups excluding carboxylic acids is 2. The van der Waals surface area contributed by atoms with Gasteiger partial charge in [-0.25, -0.2) is 4.79 Å². The molecule has 158 valence electrons. The fourth-order valence-electron chi connectivity index (χ4n) is 3.84. The molecule has 1 amide bonds. The lowest BCUT2D eigenvalue weighted by Gasteiger charge is -2.48. The third-order valence-electron chi connectivity index (χ3n) is 5.20. The molecule has 3 N–H and O–H groups in total. The zero-order valence-corrected chi connectivity index (χ0v) is 16.9. The highest BCUT2D eigenvalue weighted by Crippen LogP contribution is 2.24. The van der Waals surface area contributed by atoms with Gasteiger partial charge in [0.25, 0.3) is 0 Å². The van der Waals surface area contributed by atoms with Crippen molar-refractivity contribution in [2.45, 2.75) is 77.8 Å². The molecule has 0 bridgehead atoms. The lowest BCUT2D eigenvalue weighted by atomic mass is 10.0. The van der Waals surface area contributed by atoms with Crippen LogP contribution >= 0.6 is 0 Å². The minimum atomic E-state index is -1.34. The summed E-state index contributed by atoms with van der Waals surface area (Å²) in [7, 11) is 0. The summed E-state index contributed by atoms with van der Waals surface area (Å²) in [5.41, 5.74) is 0. The second-order valence-electron chi connectivity index (χ2n) is 6.94. The van der Waals surface area contributed by atoms with Gasteiger partial charge in [-0.3, -0.25) is 4.79 Å². The van der Waals surface area contributed by atoms with E-state index in [0.29, 0.717) is 6.42 Å². The van der Waals surface area contributed by atoms with E-state index >= 15 is 0 Å². The van der Waals surface area contributed by atoms with Crippen LogP contribution in [0.1, 0.15) is 65.7 Å². The predicted molar refractivity (Wildman–Crippen MR) is 99.6 cm³/mol. The molecular formula is C19H36N2O6. The number of carboxylic acids is 2. The molecule has 3 atom stereocenters. The number of unbranched alkanes of at least 4 members (excludes halogenated alkanes) is 3. The van der Waals surface area contributed by atoms with Crippen molar-refractivity contribution in [2.24, 2.45) is 0 Å². The van der Waals surface area contributed by atoms with Crippen molar-refractivity contribution in [3.8, 4) is 0 Å². The van der Waals surface area contributed by atoms with Gasteiger partial charge in [-0.2, -0.15) is 0 Å². The average molecular weight is 389 g/mol. The van der Waals surface area contributed by atoms with Crippen LogP contribution in [0.4, 0.5) is 0 Å². The van der Waals surface area contributed by atoms with Gasteiger partial charge in [0.15, 0.2) is 6.04 Å². The molecule has 27 heavy (non-hydrogen) atoms. The highest BCUT2D eigenvalue weighted by molar-refractivity contribution is 5.76. The van der Waals surface area contributed by atoms with Crippen molar-refractivity contribution >= 4 is 17.8 Å². The topological polar surface area (TPSA) is 127 Å². The zero-order valence-electron chi connectivity index (χ0n) is 16.9. The molecule has 0 aromatic carbocycles. The fraction of sp³-hybridized carbons (Fsp3) is 0.842. The molecule has 0 spiro atoms. The maximum Gasteiger partial charge on any atom is 0.362 e. The molecule has 0 radical (unpaired) electrons. The number of hydrogen-bond donors (Lipinski definition) is 3. The van der Waals surface area contributed by atoms with E-state index in [4.69, 9.17) is 0 Å². The smallest absolute Gasteiger partial charge is 0.362 e. The number of rotatable bonds is 16. The van der Waals surface area contributed by atoms with E-state index < -0.39 is 24.0 Å². The van der Waals surface area contributed by atoms with Gasteiger partial charge in [-0.15, -0.1) is 0 Å². The molecule has 0 saturated carbocycles. The summed E-state index contributed by atoms with van der Waals surface area (Å²) in [4.78, 5) is 35.5. The quantitative estimate of drug-likeness (QED) is 0.257. The molecule has 0 heterocycles. The Kier molecular flexibility index (Phi) is 12.7. The summed E-state index contributed by atoms with van der Waals surface area (Å²) in [5, 5.41) is 33.6. The third-order valence-corrected chi connectivity index (χ3v) is 5.20. The van der Waals surface area contributed by atoms with Gasteiger partial charge in [-0.05, 0) is 6.42 Å². The van der Waals surface area contributed by atoms with Crippen molar-refractivity contribution < 1.29 is 34.2 Å². The maximum absolute atomic E-state index is 12.0. The lowest BCUT2D eigenvalue weighted by molar-refractivity contribution is -0.959. The number of nitrogens with one attached hydrogen (secondary N) is 1. The standard InChI is InChI=1S/C19H36N2O6/c1-4-7-8-9-10-17(23)20-11-12-21(13-14-22,15(5-2)18(24)25)16(6-3)19(26)27/h15-16,22H,4-14H2,1-3H3,(H2-,20,23,24,25,26,27). The van der Waals surface area contributed by atoms with E-state index in [1.54, 1.807) is 13.8 Å². The number of amides is 1. The SMILES string of the molecule is CCCCCCC(=O)NCC[N+](CCO)(C(CC)C(=O)[O-])C(CC)C(=O)O. The summed E-state index contributed by atoms with van der Waals surface area (Å²) in [5.74, 6) is -2.58. The number of aliphatic hydroxyl groups is 1. The van der Waals surface area contributed by atoms with Gasteiger partial charge >= 0.3 is 5.97 Å². The first kappa shape index (κ1) is 25.3. The molecule has 0 aromatic heterocycles. The summed E-state index contributed by atoms with van der Waals surface area (Å²) in [6.45, 7) is 5.32. The van der Waals surface area contributed by atoms with Crippen LogP contribution in [-0.2, 0) is 14.4 Å². The van der Waals surface area contributed by atoms with E-state index in [9.17, 15) is 29.7 Å². The van der Waals surface area contributed by atoms with Crippen molar-refractivity contribution in [3.05, 3.63) is 0 Å². The average Bonchev–Trinajstić information content (AvgIpc) is 2.59. The van der Waals surface area contributed by atoms with Crippen LogP contribution in [0.5, 0.6) is 0 Å². The van der Waals surface area contributed by atoms with Crippen LogP contribution in [0.3, 0.4) is 0 Å². The van der Waals surface area contributed by atoms with Crippen LogP contribution in [0, 0.1) is 0 Å². The number of nitrogens with zero attached hydrogens (tertiary/aromatic N) is 1. The number of aliphatic carboxylic acids is 2. The maximum atomic E-state index is 12.0. The van der Waals surface area contributed by atoms with Crippen molar-refractivity contribution in [3.63, 3.8) is 0 Å². The Hall–Kier alpha value is -1.67. The van der Waals surface area contributed by atoms with Gasteiger partial charge < -0.3 is 29.9 Å². The predicted octanol–water partition coefficient (Wildman–Crippen LogP) is 0.274. The van der Waals surface area contributed by atoms with Crippen LogP contribution < -0.4 is 10.4 Å². The molecule has 3 unspecified atom stereocenters. The molecule has 0 fully saturated rings. The number of carbonyl (C=O) groups is 3. The van der Waals surface area contributed by atoms with E-state index in [-0.39, 0.29) is 49.5 Å². The Morgan fingerprint density at radius 3 is 2.07 bits per heavy atom. The normalized spacial score (nSPS) is 15.6. The number of hydrogen-bond acceptors (Lipinski definition) is 5. The van der Waals surface area contributed by atoms with Gasteiger partial charge in [0.2, 0.25) is 5.91 Å². The molecule has 0 rings (SSSR count). The number of aliphatic hydroxyl groups excluding tert-OH is 1. The summed E-state index contributed by atoms with van der Waals surface area (Å²) < 4.78 is -0.336. The fourth-order valence-corrected chi connectivity index (χ4v) is 3.84. The summed E-state index contributed by atoms with van der Waals surface area (Å²) >= 11 is 0. The Morgan fingerprint density at radius 1 is 1.00 bits per heavy atom. The highest BCUT2D eigenvalue weighted by atomic mass is 16.4. The van der Waals surface area contributed by atoms with Gasteiger partial charge in [0.05, 0.1) is 25.7 Å². The molecule has 0 aliphatic rings. The van der Waals surface area contributed by atoms with Gasteiger partial charge in [0.1, 0.15) is 12.6 Å². The second-order valence-corrected chi connectivity index (χ2v) is 6.94.